The Hall–Kier alpha value is -1.53. The van der Waals surface area contributed by atoms with Gasteiger partial charge in [-0.3, -0.25) is 9.59 Å². The molecule has 1 amide bonds. The molecule has 2 aliphatic rings. The summed E-state index contributed by atoms with van der Waals surface area (Å²) >= 11 is 1.67. The van der Waals surface area contributed by atoms with Gasteiger partial charge in [0.2, 0.25) is 5.91 Å². The van der Waals surface area contributed by atoms with Crippen molar-refractivity contribution in [2.75, 3.05) is 13.4 Å². The zero-order chi connectivity index (χ0) is 18.5. The van der Waals surface area contributed by atoms with Crippen LogP contribution in [0.5, 0.6) is 0 Å². The Morgan fingerprint density at radius 3 is 2.46 bits per heavy atom. The maximum absolute atomic E-state index is 12.6. The molecule has 3 unspecified atom stereocenters. The third-order valence-corrected chi connectivity index (χ3v) is 6.24. The van der Waals surface area contributed by atoms with E-state index in [2.05, 4.69) is 10.6 Å². The van der Waals surface area contributed by atoms with Gasteiger partial charge in [-0.05, 0) is 55.6 Å². The van der Waals surface area contributed by atoms with Gasteiger partial charge in [0, 0.05) is 23.4 Å². The Kier molecular flexibility index (Phi) is 6.59. The Morgan fingerprint density at radius 1 is 1.23 bits per heavy atom. The smallest absolute Gasteiger partial charge is 0.307 e. The SMILES string of the molecule is COC(=O)CC(NC(=O)CC1CC2CCC(C1)N2)c1ccc(SC)cc1. The van der Waals surface area contributed by atoms with E-state index in [4.69, 9.17) is 4.74 Å². The van der Waals surface area contributed by atoms with Gasteiger partial charge in [-0.15, -0.1) is 11.8 Å². The molecule has 0 radical (unpaired) electrons. The molecule has 0 aromatic heterocycles. The fourth-order valence-corrected chi connectivity index (χ4v) is 4.60. The maximum atomic E-state index is 12.6. The van der Waals surface area contributed by atoms with Crippen molar-refractivity contribution in [2.24, 2.45) is 5.92 Å². The fraction of sp³-hybridized carbons (Fsp3) is 0.600. The summed E-state index contributed by atoms with van der Waals surface area (Å²) < 4.78 is 4.81. The van der Waals surface area contributed by atoms with Crippen LogP contribution in [0.25, 0.3) is 0 Å². The first-order valence-electron chi connectivity index (χ1n) is 9.33. The van der Waals surface area contributed by atoms with Gasteiger partial charge in [-0.1, -0.05) is 12.1 Å². The normalized spacial score (nSPS) is 25.5. The van der Waals surface area contributed by atoms with Crippen LogP contribution < -0.4 is 10.6 Å². The molecule has 26 heavy (non-hydrogen) atoms. The van der Waals surface area contributed by atoms with Crippen molar-refractivity contribution in [3.63, 3.8) is 0 Å². The molecule has 3 atom stereocenters. The van der Waals surface area contributed by atoms with Crippen LogP contribution >= 0.6 is 11.8 Å². The molecule has 1 aromatic carbocycles. The molecule has 6 heteroatoms. The van der Waals surface area contributed by atoms with Crippen molar-refractivity contribution in [1.82, 2.24) is 10.6 Å². The van der Waals surface area contributed by atoms with Crippen LogP contribution in [0.3, 0.4) is 0 Å². The minimum Gasteiger partial charge on any atom is -0.469 e. The molecule has 5 nitrogen and oxygen atoms in total. The quantitative estimate of drug-likeness (QED) is 0.565. The number of fused-ring (bicyclic) bond motifs is 2. The highest BCUT2D eigenvalue weighted by atomic mass is 32.2. The Labute approximate surface area is 159 Å². The first kappa shape index (κ1) is 19.2. The summed E-state index contributed by atoms with van der Waals surface area (Å²) in [6.07, 6.45) is 7.33. The van der Waals surface area contributed by atoms with Crippen LogP contribution in [0.2, 0.25) is 0 Å². The third-order valence-electron chi connectivity index (χ3n) is 5.50. The van der Waals surface area contributed by atoms with Crippen LogP contribution in [0.4, 0.5) is 0 Å². The molecule has 0 aliphatic carbocycles. The van der Waals surface area contributed by atoms with Gasteiger partial charge >= 0.3 is 5.97 Å². The second-order valence-electron chi connectivity index (χ2n) is 7.35. The molecule has 0 saturated carbocycles. The highest BCUT2D eigenvalue weighted by molar-refractivity contribution is 7.98. The molecule has 2 bridgehead atoms. The van der Waals surface area contributed by atoms with Gasteiger partial charge in [0.25, 0.3) is 0 Å². The molecular formula is C20H28N2O3S. The number of thioether (sulfide) groups is 1. The number of carbonyl (C=O) groups is 2. The van der Waals surface area contributed by atoms with Gasteiger partial charge in [0.05, 0.1) is 19.6 Å². The molecule has 2 heterocycles. The minimum absolute atomic E-state index is 0.0270. The average molecular weight is 377 g/mol. The van der Waals surface area contributed by atoms with E-state index in [0.29, 0.717) is 24.4 Å². The number of hydrogen-bond acceptors (Lipinski definition) is 5. The number of benzene rings is 1. The summed E-state index contributed by atoms with van der Waals surface area (Å²) in [6, 6.07) is 8.80. The summed E-state index contributed by atoms with van der Waals surface area (Å²) in [4.78, 5) is 25.6. The predicted octanol–water partition coefficient (Wildman–Crippen LogP) is 3.05. The number of ether oxygens (including phenoxy) is 1. The zero-order valence-electron chi connectivity index (χ0n) is 15.5. The monoisotopic (exact) mass is 376 g/mol. The van der Waals surface area contributed by atoms with Crippen molar-refractivity contribution in [1.29, 1.82) is 0 Å². The Balaban J connectivity index is 1.62. The number of piperidine rings is 1. The molecule has 2 N–H and O–H groups in total. The van der Waals surface area contributed by atoms with Gasteiger partial charge in [-0.25, -0.2) is 0 Å². The van der Waals surface area contributed by atoms with Crippen LogP contribution in [-0.4, -0.2) is 37.3 Å². The van der Waals surface area contributed by atoms with Crippen molar-refractivity contribution in [3.8, 4) is 0 Å². The lowest BCUT2D eigenvalue weighted by Crippen LogP contribution is -2.40. The van der Waals surface area contributed by atoms with E-state index in [1.54, 1.807) is 11.8 Å². The zero-order valence-corrected chi connectivity index (χ0v) is 16.3. The number of rotatable bonds is 7. The second-order valence-corrected chi connectivity index (χ2v) is 8.23. The average Bonchev–Trinajstić information content (AvgIpc) is 2.99. The molecule has 3 rings (SSSR count). The second kappa shape index (κ2) is 8.91. The largest absolute Gasteiger partial charge is 0.469 e. The molecule has 1 aromatic rings. The first-order chi connectivity index (χ1) is 12.6. The maximum Gasteiger partial charge on any atom is 0.307 e. The lowest BCUT2D eigenvalue weighted by molar-refractivity contribution is -0.141. The van der Waals surface area contributed by atoms with E-state index in [9.17, 15) is 9.59 Å². The van der Waals surface area contributed by atoms with Gasteiger partial charge in [-0.2, -0.15) is 0 Å². The summed E-state index contributed by atoms with van der Waals surface area (Å²) in [5, 5.41) is 6.68. The number of carbonyl (C=O) groups excluding carboxylic acids is 2. The molecular weight excluding hydrogens is 348 g/mol. The van der Waals surface area contributed by atoms with Crippen LogP contribution in [-0.2, 0) is 14.3 Å². The predicted molar refractivity (Wildman–Crippen MR) is 103 cm³/mol. The lowest BCUT2D eigenvalue weighted by atomic mass is 9.89. The Morgan fingerprint density at radius 2 is 1.88 bits per heavy atom. The summed E-state index contributed by atoms with van der Waals surface area (Å²) in [5.74, 6) is 0.148. The van der Waals surface area contributed by atoms with Crippen LogP contribution in [0, 0.1) is 5.92 Å². The van der Waals surface area contributed by atoms with E-state index >= 15 is 0 Å². The standard InChI is InChI=1S/C20H28N2O3S/c1-25-20(24)12-18(14-3-7-17(26-2)8-4-14)22-19(23)11-13-9-15-5-6-16(10-13)21-15/h3-4,7-8,13,15-16,18,21H,5-6,9-12H2,1-2H3,(H,22,23). The molecule has 142 valence electrons. The van der Waals surface area contributed by atoms with E-state index in [-0.39, 0.29) is 24.3 Å². The fourth-order valence-electron chi connectivity index (χ4n) is 4.20. The van der Waals surface area contributed by atoms with Crippen molar-refractivity contribution in [2.45, 2.75) is 61.5 Å². The number of hydrogen-bond donors (Lipinski definition) is 2. The molecule has 2 saturated heterocycles. The van der Waals surface area contributed by atoms with E-state index in [1.165, 1.54) is 20.0 Å². The topological polar surface area (TPSA) is 67.4 Å². The summed E-state index contributed by atoms with van der Waals surface area (Å²) in [5.41, 5.74) is 0.937. The van der Waals surface area contributed by atoms with Gasteiger partial charge in [0.1, 0.15) is 0 Å². The highest BCUT2D eigenvalue weighted by Gasteiger charge is 2.34. The van der Waals surface area contributed by atoms with Gasteiger partial charge in [0.15, 0.2) is 0 Å². The highest BCUT2D eigenvalue weighted by Crippen LogP contribution is 2.33. The number of nitrogens with one attached hydrogen (secondary N) is 2. The van der Waals surface area contributed by atoms with Crippen LogP contribution in [0.1, 0.15) is 50.1 Å². The van der Waals surface area contributed by atoms with E-state index in [0.717, 1.165) is 23.3 Å². The van der Waals surface area contributed by atoms with Crippen molar-refractivity contribution >= 4 is 23.6 Å². The number of esters is 1. The van der Waals surface area contributed by atoms with Gasteiger partial charge < -0.3 is 15.4 Å². The first-order valence-corrected chi connectivity index (χ1v) is 10.6. The number of methoxy groups -OCH3 is 1. The summed E-state index contributed by atoms with van der Waals surface area (Å²) in [7, 11) is 1.38. The molecule has 2 fully saturated rings. The summed E-state index contributed by atoms with van der Waals surface area (Å²) in [6.45, 7) is 0. The minimum atomic E-state index is -0.343. The van der Waals surface area contributed by atoms with Crippen molar-refractivity contribution < 1.29 is 14.3 Å². The third kappa shape index (κ3) is 5.01. The van der Waals surface area contributed by atoms with E-state index in [1.807, 2.05) is 30.5 Å². The van der Waals surface area contributed by atoms with Crippen molar-refractivity contribution in [3.05, 3.63) is 29.8 Å². The van der Waals surface area contributed by atoms with E-state index < -0.39 is 0 Å². The number of amides is 1. The molecule has 2 aliphatic heterocycles. The molecule has 0 spiro atoms. The Bertz CT molecular complexity index is 622. The lowest BCUT2D eigenvalue weighted by Gasteiger charge is -2.29. The van der Waals surface area contributed by atoms with Crippen LogP contribution in [0.15, 0.2) is 29.2 Å².